The zero-order chi connectivity index (χ0) is 9.19. The standard InChI is InChI=1S/C9H20N2O/c1-9(2)4-3-5-11(9)6-8(10)7-12/h8,12H,3-7,10H2,1-2H3. The van der Waals surface area contributed by atoms with Gasteiger partial charge in [-0.1, -0.05) is 0 Å². The summed E-state index contributed by atoms with van der Waals surface area (Å²) in [5.41, 5.74) is 5.97. The minimum Gasteiger partial charge on any atom is -0.395 e. The van der Waals surface area contributed by atoms with E-state index >= 15 is 0 Å². The van der Waals surface area contributed by atoms with Gasteiger partial charge in [0.05, 0.1) is 6.61 Å². The van der Waals surface area contributed by atoms with Gasteiger partial charge in [-0.15, -0.1) is 0 Å². The lowest BCUT2D eigenvalue weighted by molar-refractivity contribution is 0.143. The Kier molecular flexibility index (Phi) is 3.09. The fourth-order valence-electron chi connectivity index (χ4n) is 1.84. The second-order valence-corrected chi connectivity index (χ2v) is 4.30. The molecular formula is C9H20N2O. The second kappa shape index (κ2) is 3.73. The first-order valence-corrected chi connectivity index (χ1v) is 4.68. The van der Waals surface area contributed by atoms with Crippen molar-refractivity contribution in [1.29, 1.82) is 0 Å². The highest BCUT2D eigenvalue weighted by atomic mass is 16.3. The van der Waals surface area contributed by atoms with Crippen molar-refractivity contribution in [2.45, 2.75) is 38.3 Å². The quantitative estimate of drug-likeness (QED) is 0.638. The molecule has 3 heteroatoms. The Morgan fingerprint density at radius 1 is 1.58 bits per heavy atom. The molecule has 0 aliphatic carbocycles. The number of likely N-dealkylation sites (tertiary alicyclic amines) is 1. The van der Waals surface area contributed by atoms with Crippen LogP contribution in [0.1, 0.15) is 26.7 Å². The maximum atomic E-state index is 8.81. The van der Waals surface area contributed by atoms with E-state index in [2.05, 4.69) is 18.7 Å². The van der Waals surface area contributed by atoms with Crippen LogP contribution in [0.5, 0.6) is 0 Å². The Balaban J connectivity index is 2.41. The van der Waals surface area contributed by atoms with Crippen LogP contribution in [-0.4, -0.2) is 41.3 Å². The molecule has 0 amide bonds. The molecule has 1 aliphatic heterocycles. The second-order valence-electron chi connectivity index (χ2n) is 4.30. The molecule has 1 fully saturated rings. The van der Waals surface area contributed by atoms with Gasteiger partial charge in [-0.25, -0.2) is 0 Å². The largest absolute Gasteiger partial charge is 0.395 e. The van der Waals surface area contributed by atoms with E-state index in [1.54, 1.807) is 0 Å². The van der Waals surface area contributed by atoms with Gasteiger partial charge in [0.25, 0.3) is 0 Å². The van der Waals surface area contributed by atoms with Gasteiger partial charge >= 0.3 is 0 Å². The molecule has 1 aliphatic rings. The number of rotatable bonds is 3. The van der Waals surface area contributed by atoms with Crippen LogP contribution < -0.4 is 5.73 Å². The first-order valence-electron chi connectivity index (χ1n) is 4.68. The predicted molar refractivity (Wildman–Crippen MR) is 49.9 cm³/mol. The molecule has 3 N–H and O–H groups in total. The number of nitrogens with two attached hydrogens (primary N) is 1. The van der Waals surface area contributed by atoms with E-state index in [9.17, 15) is 0 Å². The van der Waals surface area contributed by atoms with Crippen molar-refractivity contribution < 1.29 is 5.11 Å². The smallest absolute Gasteiger partial charge is 0.0595 e. The summed E-state index contributed by atoms with van der Waals surface area (Å²) in [5, 5.41) is 8.81. The van der Waals surface area contributed by atoms with E-state index in [1.165, 1.54) is 12.8 Å². The van der Waals surface area contributed by atoms with Crippen LogP contribution in [0.15, 0.2) is 0 Å². The van der Waals surface area contributed by atoms with Crippen molar-refractivity contribution in [3.63, 3.8) is 0 Å². The molecule has 0 aromatic carbocycles. The van der Waals surface area contributed by atoms with E-state index in [0.717, 1.165) is 13.1 Å². The summed E-state index contributed by atoms with van der Waals surface area (Å²) < 4.78 is 0. The minimum absolute atomic E-state index is 0.0811. The predicted octanol–water partition coefficient (Wildman–Crippen LogP) is 0.180. The molecule has 0 radical (unpaired) electrons. The third-order valence-electron chi connectivity index (χ3n) is 2.76. The van der Waals surface area contributed by atoms with Gasteiger partial charge in [-0.2, -0.15) is 0 Å². The molecule has 1 heterocycles. The van der Waals surface area contributed by atoms with Crippen LogP contribution in [-0.2, 0) is 0 Å². The summed E-state index contributed by atoms with van der Waals surface area (Å²) in [6.07, 6.45) is 2.50. The number of nitrogens with zero attached hydrogens (tertiary/aromatic N) is 1. The first kappa shape index (κ1) is 9.96. The topological polar surface area (TPSA) is 49.5 Å². The monoisotopic (exact) mass is 172 g/mol. The van der Waals surface area contributed by atoms with Gasteiger partial charge in [0, 0.05) is 18.1 Å². The third-order valence-corrected chi connectivity index (χ3v) is 2.76. The maximum Gasteiger partial charge on any atom is 0.0595 e. The van der Waals surface area contributed by atoms with Gasteiger partial charge in [0.2, 0.25) is 0 Å². The van der Waals surface area contributed by atoms with Gasteiger partial charge in [0.15, 0.2) is 0 Å². The van der Waals surface area contributed by atoms with Gasteiger partial charge in [0.1, 0.15) is 0 Å². The molecule has 12 heavy (non-hydrogen) atoms. The first-order chi connectivity index (χ1) is 5.56. The molecule has 0 bridgehead atoms. The lowest BCUT2D eigenvalue weighted by Gasteiger charge is -2.33. The van der Waals surface area contributed by atoms with Crippen LogP contribution in [0, 0.1) is 0 Å². The molecule has 1 rings (SSSR count). The molecule has 72 valence electrons. The van der Waals surface area contributed by atoms with Gasteiger partial charge in [-0.05, 0) is 33.2 Å². The Morgan fingerprint density at radius 2 is 2.25 bits per heavy atom. The van der Waals surface area contributed by atoms with E-state index in [0.29, 0.717) is 0 Å². The van der Waals surface area contributed by atoms with Gasteiger partial charge < -0.3 is 10.8 Å². The van der Waals surface area contributed by atoms with E-state index in [1.807, 2.05) is 0 Å². The Hall–Kier alpha value is -0.120. The molecule has 0 saturated carbocycles. The zero-order valence-corrected chi connectivity index (χ0v) is 8.08. The summed E-state index contributed by atoms with van der Waals surface area (Å²) in [6, 6.07) is -0.0811. The molecule has 0 aromatic heterocycles. The normalized spacial score (nSPS) is 26.0. The number of aliphatic hydroxyl groups excluding tert-OH is 1. The summed E-state index contributed by atoms with van der Waals surface area (Å²) in [6.45, 7) is 6.52. The van der Waals surface area contributed by atoms with Crippen molar-refractivity contribution in [1.82, 2.24) is 4.90 Å². The lowest BCUT2D eigenvalue weighted by Crippen LogP contribution is -2.46. The molecule has 3 nitrogen and oxygen atoms in total. The van der Waals surface area contributed by atoms with Crippen LogP contribution in [0.25, 0.3) is 0 Å². The van der Waals surface area contributed by atoms with Crippen molar-refractivity contribution >= 4 is 0 Å². The molecular weight excluding hydrogens is 152 g/mol. The average Bonchev–Trinajstić information content (AvgIpc) is 2.31. The van der Waals surface area contributed by atoms with Crippen LogP contribution in [0.4, 0.5) is 0 Å². The van der Waals surface area contributed by atoms with Crippen LogP contribution in [0.3, 0.4) is 0 Å². The third kappa shape index (κ3) is 2.19. The number of hydrogen-bond acceptors (Lipinski definition) is 3. The van der Waals surface area contributed by atoms with Crippen LogP contribution in [0.2, 0.25) is 0 Å². The molecule has 1 unspecified atom stereocenters. The van der Waals surface area contributed by atoms with E-state index < -0.39 is 0 Å². The van der Waals surface area contributed by atoms with Crippen molar-refractivity contribution in [3.8, 4) is 0 Å². The van der Waals surface area contributed by atoms with Crippen molar-refractivity contribution in [2.24, 2.45) is 5.73 Å². The van der Waals surface area contributed by atoms with E-state index in [-0.39, 0.29) is 18.2 Å². The van der Waals surface area contributed by atoms with Crippen LogP contribution >= 0.6 is 0 Å². The summed E-state index contributed by atoms with van der Waals surface area (Å²) in [7, 11) is 0. The highest BCUT2D eigenvalue weighted by molar-refractivity contribution is 4.89. The average molecular weight is 172 g/mol. The fraction of sp³-hybridized carbons (Fsp3) is 1.00. The zero-order valence-electron chi connectivity index (χ0n) is 8.08. The number of aliphatic hydroxyl groups is 1. The lowest BCUT2D eigenvalue weighted by atomic mass is 10.0. The van der Waals surface area contributed by atoms with E-state index in [4.69, 9.17) is 10.8 Å². The Labute approximate surface area is 74.5 Å². The molecule has 1 saturated heterocycles. The number of hydrogen-bond donors (Lipinski definition) is 2. The molecule has 1 atom stereocenters. The highest BCUT2D eigenvalue weighted by Crippen LogP contribution is 2.27. The Bertz CT molecular complexity index is 147. The SMILES string of the molecule is CC1(C)CCCN1CC(N)CO. The summed E-state index contributed by atoms with van der Waals surface area (Å²) in [5.74, 6) is 0. The van der Waals surface area contributed by atoms with Crippen molar-refractivity contribution in [2.75, 3.05) is 19.7 Å². The maximum absolute atomic E-state index is 8.81. The minimum atomic E-state index is -0.0811. The fourth-order valence-corrected chi connectivity index (χ4v) is 1.84. The van der Waals surface area contributed by atoms with Gasteiger partial charge in [-0.3, -0.25) is 4.90 Å². The van der Waals surface area contributed by atoms with Crippen molar-refractivity contribution in [3.05, 3.63) is 0 Å². The highest BCUT2D eigenvalue weighted by Gasteiger charge is 2.32. The summed E-state index contributed by atoms with van der Waals surface area (Å²) >= 11 is 0. The summed E-state index contributed by atoms with van der Waals surface area (Å²) in [4.78, 5) is 2.37. The Morgan fingerprint density at radius 3 is 2.67 bits per heavy atom. The molecule has 0 spiro atoms. The molecule has 0 aromatic rings.